The molecule has 1 fully saturated rings. The third-order valence-electron chi connectivity index (χ3n) is 4.66. The second kappa shape index (κ2) is 9.13. The Morgan fingerprint density at radius 3 is 2.59 bits per heavy atom. The SMILES string of the molecule is O=C(CCC(=O)N1CCSC(c2cc(F)ccc2F)CC1)c1ccccc1. The fourth-order valence-electron chi connectivity index (χ4n) is 3.18. The number of Topliss-reactive ketones (excluding diaryl/α,β-unsaturated/α-hetero) is 1. The van der Waals surface area contributed by atoms with Crippen LogP contribution >= 0.6 is 11.8 Å². The van der Waals surface area contributed by atoms with Crippen LogP contribution in [0.2, 0.25) is 0 Å². The summed E-state index contributed by atoms with van der Waals surface area (Å²) < 4.78 is 27.5. The Morgan fingerprint density at radius 2 is 1.81 bits per heavy atom. The van der Waals surface area contributed by atoms with Crippen molar-refractivity contribution in [3.05, 3.63) is 71.3 Å². The maximum atomic E-state index is 14.0. The van der Waals surface area contributed by atoms with Gasteiger partial charge in [0, 0.05) is 48.1 Å². The summed E-state index contributed by atoms with van der Waals surface area (Å²) in [5.74, 6) is -0.335. The van der Waals surface area contributed by atoms with Gasteiger partial charge in [-0.15, -0.1) is 0 Å². The van der Waals surface area contributed by atoms with Crippen LogP contribution in [0, 0.1) is 11.6 Å². The number of benzene rings is 2. The number of ketones is 1. The predicted molar refractivity (Wildman–Crippen MR) is 103 cm³/mol. The lowest BCUT2D eigenvalue weighted by Gasteiger charge is -2.20. The minimum Gasteiger partial charge on any atom is -0.342 e. The van der Waals surface area contributed by atoms with Crippen molar-refractivity contribution in [2.24, 2.45) is 0 Å². The first-order valence-electron chi connectivity index (χ1n) is 8.97. The third-order valence-corrected chi connectivity index (χ3v) is 5.97. The van der Waals surface area contributed by atoms with Gasteiger partial charge in [-0.05, 0) is 24.6 Å². The van der Waals surface area contributed by atoms with Crippen LogP contribution in [0.3, 0.4) is 0 Å². The fourth-order valence-corrected chi connectivity index (χ4v) is 4.42. The molecule has 0 radical (unpaired) electrons. The quantitative estimate of drug-likeness (QED) is 0.700. The average Bonchev–Trinajstić information content (AvgIpc) is 2.94. The molecule has 2 aromatic rings. The van der Waals surface area contributed by atoms with Crippen LogP contribution in [0.4, 0.5) is 8.78 Å². The molecule has 1 unspecified atom stereocenters. The molecule has 6 heteroatoms. The Balaban J connectivity index is 1.55. The standard InChI is InChI=1S/C21H21F2NO2S/c22-16-6-7-18(23)17(14-16)20-10-11-24(12-13-27-20)21(26)9-8-19(25)15-4-2-1-3-5-15/h1-7,14,20H,8-13H2. The fraction of sp³-hybridized carbons (Fsp3) is 0.333. The van der Waals surface area contributed by atoms with Crippen LogP contribution in [0.25, 0.3) is 0 Å². The number of hydrogen-bond acceptors (Lipinski definition) is 3. The zero-order chi connectivity index (χ0) is 19.2. The lowest BCUT2D eigenvalue weighted by Crippen LogP contribution is -2.33. The molecular weight excluding hydrogens is 368 g/mol. The Morgan fingerprint density at radius 1 is 1.04 bits per heavy atom. The first-order chi connectivity index (χ1) is 13.0. The highest BCUT2D eigenvalue weighted by molar-refractivity contribution is 7.99. The summed E-state index contributed by atoms with van der Waals surface area (Å²) in [6.45, 7) is 1.03. The number of halogens is 2. The van der Waals surface area contributed by atoms with Crippen LogP contribution < -0.4 is 0 Å². The lowest BCUT2D eigenvalue weighted by molar-refractivity contribution is -0.130. The second-order valence-electron chi connectivity index (χ2n) is 6.48. The Hall–Kier alpha value is -2.21. The molecule has 0 aliphatic carbocycles. The van der Waals surface area contributed by atoms with Crippen molar-refractivity contribution in [1.29, 1.82) is 0 Å². The monoisotopic (exact) mass is 389 g/mol. The average molecular weight is 389 g/mol. The molecule has 0 bridgehead atoms. The molecule has 1 heterocycles. The molecule has 3 rings (SSSR count). The highest BCUT2D eigenvalue weighted by Gasteiger charge is 2.24. The van der Waals surface area contributed by atoms with Gasteiger partial charge in [0.25, 0.3) is 0 Å². The molecule has 0 N–H and O–H groups in total. The molecule has 3 nitrogen and oxygen atoms in total. The van der Waals surface area contributed by atoms with E-state index >= 15 is 0 Å². The van der Waals surface area contributed by atoms with Crippen LogP contribution in [-0.4, -0.2) is 35.4 Å². The van der Waals surface area contributed by atoms with Crippen molar-refractivity contribution in [2.75, 3.05) is 18.8 Å². The molecule has 1 saturated heterocycles. The van der Waals surface area contributed by atoms with E-state index in [-0.39, 0.29) is 29.8 Å². The predicted octanol–water partition coefficient (Wildman–Crippen LogP) is 4.63. The minimum absolute atomic E-state index is 0.0483. The molecule has 2 aromatic carbocycles. The van der Waals surface area contributed by atoms with Crippen molar-refractivity contribution in [3.8, 4) is 0 Å². The van der Waals surface area contributed by atoms with Crippen LogP contribution in [-0.2, 0) is 4.79 Å². The number of amides is 1. The van der Waals surface area contributed by atoms with E-state index in [9.17, 15) is 18.4 Å². The van der Waals surface area contributed by atoms with E-state index in [2.05, 4.69) is 0 Å². The summed E-state index contributed by atoms with van der Waals surface area (Å²) >= 11 is 1.53. The largest absolute Gasteiger partial charge is 0.342 e. The van der Waals surface area contributed by atoms with E-state index in [0.717, 1.165) is 12.1 Å². The van der Waals surface area contributed by atoms with E-state index in [1.165, 1.54) is 17.8 Å². The summed E-state index contributed by atoms with van der Waals surface area (Å²) in [5.41, 5.74) is 0.965. The molecule has 0 aromatic heterocycles. The maximum absolute atomic E-state index is 14.0. The normalized spacial score (nSPS) is 17.4. The Bertz CT molecular complexity index is 813. The highest BCUT2D eigenvalue weighted by atomic mass is 32.2. The van der Waals surface area contributed by atoms with Crippen molar-refractivity contribution in [2.45, 2.75) is 24.5 Å². The highest BCUT2D eigenvalue weighted by Crippen LogP contribution is 2.36. The second-order valence-corrected chi connectivity index (χ2v) is 7.79. The number of rotatable bonds is 5. The zero-order valence-corrected chi connectivity index (χ0v) is 15.7. The van der Waals surface area contributed by atoms with Gasteiger partial charge in [-0.3, -0.25) is 9.59 Å². The number of thioether (sulfide) groups is 1. The van der Waals surface area contributed by atoms with Gasteiger partial charge in [0.1, 0.15) is 11.6 Å². The van der Waals surface area contributed by atoms with Gasteiger partial charge in [0.15, 0.2) is 5.78 Å². The summed E-state index contributed by atoms with van der Waals surface area (Å²) in [6, 6.07) is 12.4. The molecular formula is C21H21F2NO2S. The van der Waals surface area contributed by atoms with Crippen molar-refractivity contribution >= 4 is 23.5 Å². The van der Waals surface area contributed by atoms with E-state index in [1.54, 1.807) is 29.2 Å². The molecule has 27 heavy (non-hydrogen) atoms. The van der Waals surface area contributed by atoms with Crippen LogP contribution in [0.1, 0.15) is 40.4 Å². The topological polar surface area (TPSA) is 37.4 Å². The smallest absolute Gasteiger partial charge is 0.223 e. The maximum Gasteiger partial charge on any atom is 0.223 e. The summed E-state index contributed by atoms with van der Waals surface area (Å²) in [6.07, 6.45) is 0.898. The van der Waals surface area contributed by atoms with E-state index < -0.39 is 11.6 Å². The molecule has 1 aliphatic rings. The van der Waals surface area contributed by atoms with Gasteiger partial charge >= 0.3 is 0 Å². The van der Waals surface area contributed by atoms with Gasteiger partial charge in [0.2, 0.25) is 5.91 Å². The molecule has 142 valence electrons. The number of carbonyl (C=O) groups excluding carboxylic acids is 2. The van der Waals surface area contributed by atoms with Crippen LogP contribution in [0.5, 0.6) is 0 Å². The third kappa shape index (κ3) is 5.16. The minimum atomic E-state index is -0.455. The van der Waals surface area contributed by atoms with E-state index in [4.69, 9.17) is 0 Å². The lowest BCUT2D eigenvalue weighted by atomic mass is 10.1. The van der Waals surface area contributed by atoms with Gasteiger partial charge in [-0.2, -0.15) is 11.8 Å². The zero-order valence-electron chi connectivity index (χ0n) is 14.9. The van der Waals surface area contributed by atoms with Gasteiger partial charge < -0.3 is 4.90 Å². The molecule has 0 spiro atoms. The van der Waals surface area contributed by atoms with E-state index in [1.807, 2.05) is 6.07 Å². The number of nitrogens with zero attached hydrogens (tertiary/aromatic N) is 1. The summed E-state index contributed by atoms with van der Waals surface area (Å²) in [4.78, 5) is 26.4. The van der Waals surface area contributed by atoms with Crippen molar-refractivity contribution in [1.82, 2.24) is 4.90 Å². The Kier molecular flexibility index (Phi) is 6.61. The molecule has 1 aliphatic heterocycles. The van der Waals surface area contributed by atoms with Crippen molar-refractivity contribution < 1.29 is 18.4 Å². The van der Waals surface area contributed by atoms with Crippen LogP contribution in [0.15, 0.2) is 48.5 Å². The van der Waals surface area contributed by atoms with Crippen molar-refractivity contribution in [3.63, 3.8) is 0 Å². The van der Waals surface area contributed by atoms with Gasteiger partial charge in [-0.25, -0.2) is 8.78 Å². The first-order valence-corrected chi connectivity index (χ1v) is 10.0. The summed E-state index contributed by atoms with van der Waals surface area (Å²) in [7, 11) is 0. The van der Waals surface area contributed by atoms with Gasteiger partial charge in [-0.1, -0.05) is 30.3 Å². The molecule has 0 saturated carbocycles. The number of hydrogen-bond donors (Lipinski definition) is 0. The first kappa shape index (κ1) is 19.5. The van der Waals surface area contributed by atoms with E-state index in [0.29, 0.717) is 36.4 Å². The Labute approximate surface area is 161 Å². The molecule has 1 atom stereocenters. The molecule has 1 amide bonds. The summed E-state index contributed by atoms with van der Waals surface area (Å²) in [5, 5.41) is -0.176. The number of carbonyl (C=O) groups is 2. The van der Waals surface area contributed by atoms with Gasteiger partial charge in [0.05, 0.1) is 0 Å².